The van der Waals surface area contributed by atoms with E-state index < -0.39 is 33.3 Å². The second-order valence-corrected chi connectivity index (χ2v) is 14.1. The van der Waals surface area contributed by atoms with Crippen molar-refractivity contribution >= 4 is 44.9 Å². The van der Waals surface area contributed by atoms with Crippen LogP contribution in [0.1, 0.15) is 55.7 Å². The third-order valence-corrected chi connectivity index (χ3v) is 10.4. The van der Waals surface area contributed by atoms with E-state index in [-0.39, 0.29) is 41.2 Å². The van der Waals surface area contributed by atoms with E-state index in [1.54, 1.807) is 60.4 Å². The summed E-state index contributed by atoms with van der Waals surface area (Å²) in [6, 6.07) is 21.7. The Kier molecular flexibility index (Phi) is 8.01. The SMILES string of the molecule is CC1(CC(=O)O)CC(c2cccc(Cl)c2)C(c2ccc(Cl)cc2)N(C(CS(=O)(=O)c2ccccc2)C2CC2)C1=O. The number of hydrogen-bond acceptors (Lipinski definition) is 4. The fourth-order valence-corrected chi connectivity index (χ4v) is 8.09. The van der Waals surface area contributed by atoms with Crippen LogP contribution in [0.4, 0.5) is 0 Å². The van der Waals surface area contributed by atoms with Crippen LogP contribution in [0, 0.1) is 11.3 Å². The topological polar surface area (TPSA) is 91.8 Å². The van der Waals surface area contributed by atoms with Crippen molar-refractivity contribution < 1.29 is 23.1 Å². The van der Waals surface area contributed by atoms with Gasteiger partial charge in [0.15, 0.2) is 9.84 Å². The van der Waals surface area contributed by atoms with Crippen LogP contribution < -0.4 is 0 Å². The van der Waals surface area contributed by atoms with Gasteiger partial charge in [-0.25, -0.2) is 8.42 Å². The van der Waals surface area contributed by atoms with E-state index in [4.69, 9.17) is 23.2 Å². The Balaban J connectivity index is 1.69. The fourth-order valence-electron chi connectivity index (χ4n) is 6.12. The van der Waals surface area contributed by atoms with Gasteiger partial charge in [0.05, 0.1) is 28.5 Å². The van der Waals surface area contributed by atoms with Crippen molar-refractivity contribution in [1.29, 1.82) is 0 Å². The van der Waals surface area contributed by atoms with Gasteiger partial charge in [-0.2, -0.15) is 0 Å². The number of carbonyl (C=O) groups excluding carboxylic acids is 1. The third-order valence-electron chi connectivity index (χ3n) is 8.15. The third kappa shape index (κ3) is 5.92. The molecule has 1 aliphatic heterocycles. The van der Waals surface area contributed by atoms with Gasteiger partial charge in [0, 0.05) is 22.0 Å². The number of carboxylic acid groups (broad SMARTS) is 1. The molecule has 6 nitrogen and oxygen atoms in total. The first-order chi connectivity index (χ1) is 19.0. The van der Waals surface area contributed by atoms with Crippen LogP contribution in [0.5, 0.6) is 0 Å². The van der Waals surface area contributed by atoms with Gasteiger partial charge in [0.1, 0.15) is 0 Å². The van der Waals surface area contributed by atoms with Gasteiger partial charge in [0.2, 0.25) is 5.91 Å². The van der Waals surface area contributed by atoms with Crippen molar-refractivity contribution in [2.24, 2.45) is 11.3 Å². The molecule has 1 saturated heterocycles. The predicted molar refractivity (Wildman–Crippen MR) is 155 cm³/mol. The molecule has 4 unspecified atom stereocenters. The zero-order chi connectivity index (χ0) is 28.7. The summed E-state index contributed by atoms with van der Waals surface area (Å²) in [5.41, 5.74) is 0.427. The molecule has 1 aliphatic carbocycles. The molecule has 3 aromatic rings. The largest absolute Gasteiger partial charge is 0.481 e. The van der Waals surface area contributed by atoms with Gasteiger partial charge in [-0.15, -0.1) is 0 Å². The summed E-state index contributed by atoms with van der Waals surface area (Å²) in [5.74, 6) is -2.01. The van der Waals surface area contributed by atoms with Crippen molar-refractivity contribution in [3.8, 4) is 0 Å². The average Bonchev–Trinajstić information content (AvgIpc) is 3.75. The highest BCUT2D eigenvalue weighted by Crippen LogP contribution is 2.54. The highest BCUT2D eigenvalue weighted by Gasteiger charge is 2.55. The molecule has 0 radical (unpaired) electrons. The molecule has 1 N–H and O–H groups in total. The van der Waals surface area contributed by atoms with Crippen molar-refractivity contribution in [2.45, 2.75) is 55.5 Å². The molecule has 0 bridgehead atoms. The van der Waals surface area contributed by atoms with Crippen LogP contribution >= 0.6 is 23.2 Å². The molecular formula is C31H31Cl2NO5S. The molecule has 40 heavy (non-hydrogen) atoms. The van der Waals surface area contributed by atoms with Crippen LogP contribution in [-0.4, -0.2) is 42.1 Å². The first-order valence-corrected chi connectivity index (χ1v) is 15.7. The van der Waals surface area contributed by atoms with Gasteiger partial charge in [-0.05, 0) is 72.7 Å². The summed E-state index contributed by atoms with van der Waals surface area (Å²) >= 11 is 12.6. The van der Waals surface area contributed by atoms with Crippen molar-refractivity contribution in [3.63, 3.8) is 0 Å². The Morgan fingerprint density at radius 3 is 2.25 bits per heavy atom. The van der Waals surface area contributed by atoms with Crippen molar-refractivity contribution in [3.05, 3.63) is 100 Å². The molecule has 2 aliphatic rings. The van der Waals surface area contributed by atoms with Crippen molar-refractivity contribution in [1.82, 2.24) is 4.90 Å². The van der Waals surface area contributed by atoms with Crippen LogP contribution in [0.25, 0.3) is 0 Å². The van der Waals surface area contributed by atoms with Crippen molar-refractivity contribution in [2.75, 3.05) is 5.75 Å². The Bertz CT molecular complexity index is 1510. The Labute approximate surface area is 244 Å². The normalized spacial score (nSPS) is 24.1. The van der Waals surface area contributed by atoms with Gasteiger partial charge < -0.3 is 10.0 Å². The highest BCUT2D eigenvalue weighted by atomic mass is 35.5. The van der Waals surface area contributed by atoms with Gasteiger partial charge in [-0.1, -0.05) is 72.6 Å². The van der Waals surface area contributed by atoms with Crippen LogP contribution in [0.15, 0.2) is 83.8 Å². The maximum atomic E-state index is 14.5. The molecule has 3 aromatic carbocycles. The first kappa shape index (κ1) is 28.7. The number of aliphatic carboxylic acids is 1. The van der Waals surface area contributed by atoms with Gasteiger partial charge in [-0.3, -0.25) is 9.59 Å². The Morgan fingerprint density at radius 1 is 0.975 bits per heavy atom. The molecule has 5 rings (SSSR count). The summed E-state index contributed by atoms with van der Waals surface area (Å²) in [7, 11) is -3.75. The van der Waals surface area contributed by atoms with Crippen LogP contribution in [0.3, 0.4) is 0 Å². The minimum atomic E-state index is -3.75. The molecular weight excluding hydrogens is 569 g/mol. The number of piperidine rings is 1. The van der Waals surface area contributed by atoms with Gasteiger partial charge in [0.25, 0.3) is 0 Å². The van der Waals surface area contributed by atoms with E-state index in [9.17, 15) is 23.1 Å². The molecule has 0 spiro atoms. The fraction of sp³-hybridized carbons (Fsp3) is 0.355. The second kappa shape index (κ2) is 11.2. The molecule has 1 amide bonds. The number of carboxylic acids is 1. The number of likely N-dealkylation sites (tertiary alicyclic amines) is 1. The lowest BCUT2D eigenvalue weighted by Gasteiger charge is -2.52. The summed E-state index contributed by atoms with van der Waals surface area (Å²) in [6.45, 7) is 1.68. The molecule has 4 atom stereocenters. The smallest absolute Gasteiger partial charge is 0.304 e. The zero-order valence-electron chi connectivity index (χ0n) is 22.0. The summed E-state index contributed by atoms with van der Waals surface area (Å²) in [6.07, 6.45) is 1.49. The monoisotopic (exact) mass is 599 g/mol. The second-order valence-electron chi connectivity index (χ2n) is 11.2. The molecule has 0 aromatic heterocycles. The quantitative estimate of drug-likeness (QED) is 0.292. The summed E-state index contributed by atoms with van der Waals surface area (Å²) in [5, 5.41) is 10.9. The number of nitrogens with zero attached hydrogens (tertiary/aromatic N) is 1. The molecule has 9 heteroatoms. The lowest BCUT2D eigenvalue weighted by atomic mass is 9.67. The minimum absolute atomic E-state index is 0.00979. The number of benzene rings is 3. The summed E-state index contributed by atoms with van der Waals surface area (Å²) < 4.78 is 27.4. The van der Waals surface area contributed by atoms with E-state index in [1.807, 2.05) is 30.3 Å². The van der Waals surface area contributed by atoms with E-state index in [1.165, 1.54) is 0 Å². The van der Waals surface area contributed by atoms with E-state index in [2.05, 4.69) is 0 Å². The first-order valence-electron chi connectivity index (χ1n) is 13.3. The van der Waals surface area contributed by atoms with Crippen LogP contribution in [-0.2, 0) is 19.4 Å². The lowest BCUT2D eigenvalue weighted by molar-refractivity contribution is -0.160. The number of sulfone groups is 1. The maximum absolute atomic E-state index is 14.5. The molecule has 210 valence electrons. The van der Waals surface area contributed by atoms with E-state index in [0.717, 1.165) is 24.0 Å². The van der Waals surface area contributed by atoms with Crippen LogP contribution in [0.2, 0.25) is 10.0 Å². The standard InChI is InChI=1S/C31H31Cl2NO5S/c1-31(18-28(35)36)17-26(22-6-5-7-24(33)16-22)29(21-12-14-23(32)15-13-21)34(30(31)37)27(20-10-11-20)19-40(38,39)25-8-3-2-4-9-25/h2-9,12-16,20,26-27,29H,10-11,17-19H2,1H3,(H,35,36). The Morgan fingerprint density at radius 2 is 1.65 bits per heavy atom. The predicted octanol–water partition coefficient (Wildman–Crippen LogP) is 6.78. The molecule has 2 fully saturated rings. The zero-order valence-corrected chi connectivity index (χ0v) is 24.4. The number of rotatable bonds is 9. The molecule has 1 saturated carbocycles. The Hall–Kier alpha value is -2.87. The number of amides is 1. The number of hydrogen-bond donors (Lipinski definition) is 1. The highest BCUT2D eigenvalue weighted by molar-refractivity contribution is 7.91. The average molecular weight is 601 g/mol. The minimum Gasteiger partial charge on any atom is -0.481 e. The van der Waals surface area contributed by atoms with E-state index >= 15 is 0 Å². The number of carbonyl (C=O) groups is 2. The molecule has 1 heterocycles. The van der Waals surface area contributed by atoms with E-state index in [0.29, 0.717) is 10.0 Å². The lowest BCUT2D eigenvalue weighted by Crippen LogP contribution is -2.58. The number of halogens is 2. The van der Waals surface area contributed by atoms with Gasteiger partial charge >= 0.3 is 5.97 Å². The maximum Gasteiger partial charge on any atom is 0.304 e. The summed E-state index contributed by atoms with van der Waals surface area (Å²) in [4.78, 5) is 28.4.